The van der Waals surface area contributed by atoms with Crippen LogP contribution in [0.4, 0.5) is 0 Å². The van der Waals surface area contributed by atoms with E-state index in [0.29, 0.717) is 17.6 Å². The SMILES string of the molecule is C=C/C(C)=C(\CC(C)(C)C)C1=C2C(=NC3C(=C)C3C2C)C(=C)C(=C)O1. The molecule has 3 unspecified atom stereocenters. The first-order chi connectivity index (χ1) is 11.6. The molecule has 0 radical (unpaired) electrons. The van der Waals surface area contributed by atoms with Crippen LogP contribution in [0.25, 0.3) is 0 Å². The quantitative estimate of drug-likeness (QED) is 0.463. The van der Waals surface area contributed by atoms with Crippen LogP contribution in [0.15, 0.2) is 76.8 Å². The van der Waals surface area contributed by atoms with Gasteiger partial charge in [-0.25, -0.2) is 0 Å². The number of aliphatic imine (C=N–C) groups is 1. The number of nitrogens with zero attached hydrogens (tertiary/aromatic N) is 1. The molecule has 132 valence electrons. The molecular formula is C23H29NO. The van der Waals surface area contributed by atoms with Gasteiger partial charge < -0.3 is 4.74 Å². The molecule has 3 atom stereocenters. The van der Waals surface area contributed by atoms with E-state index in [1.54, 1.807) is 0 Å². The third kappa shape index (κ3) is 2.88. The largest absolute Gasteiger partial charge is 0.457 e. The van der Waals surface area contributed by atoms with Crippen molar-refractivity contribution < 1.29 is 4.74 Å². The van der Waals surface area contributed by atoms with E-state index in [-0.39, 0.29) is 11.5 Å². The molecule has 25 heavy (non-hydrogen) atoms. The first-order valence-electron chi connectivity index (χ1n) is 8.96. The fourth-order valence-corrected chi connectivity index (χ4v) is 3.89. The summed E-state index contributed by atoms with van der Waals surface area (Å²) < 4.78 is 6.24. The van der Waals surface area contributed by atoms with Gasteiger partial charge in [0.2, 0.25) is 0 Å². The Balaban J connectivity index is 2.23. The maximum atomic E-state index is 6.24. The van der Waals surface area contributed by atoms with Crippen LogP contribution in [-0.4, -0.2) is 11.8 Å². The first-order valence-corrected chi connectivity index (χ1v) is 8.96. The Bertz CT molecular complexity index is 794. The number of hydrogen-bond donors (Lipinski definition) is 0. The monoisotopic (exact) mass is 335 g/mol. The van der Waals surface area contributed by atoms with Crippen LogP contribution in [0.2, 0.25) is 0 Å². The van der Waals surface area contributed by atoms with Crippen molar-refractivity contribution in [3.8, 4) is 0 Å². The van der Waals surface area contributed by atoms with Crippen molar-refractivity contribution in [3.05, 3.63) is 71.8 Å². The molecule has 3 rings (SSSR count). The second-order valence-corrected chi connectivity index (χ2v) is 8.66. The van der Waals surface area contributed by atoms with Gasteiger partial charge in [-0.1, -0.05) is 60.1 Å². The van der Waals surface area contributed by atoms with Crippen molar-refractivity contribution in [1.82, 2.24) is 0 Å². The number of allylic oxidation sites excluding steroid dienone is 5. The van der Waals surface area contributed by atoms with E-state index in [9.17, 15) is 0 Å². The molecule has 0 aromatic heterocycles. The molecule has 2 aliphatic heterocycles. The Kier molecular flexibility index (Phi) is 4.06. The van der Waals surface area contributed by atoms with Crippen LogP contribution >= 0.6 is 0 Å². The summed E-state index contributed by atoms with van der Waals surface area (Å²) in [6.45, 7) is 27.5. The van der Waals surface area contributed by atoms with Crippen molar-refractivity contribution in [2.45, 2.75) is 47.1 Å². The van der Waals surface area contributed by atoms with Crippen LogP contribution in [0.3, 0.4) is 0 Å². The molecule has 2 heterocycles. The van der Waals surface area contributed by atoms with E-state index >= 15 is 0 Å². The van der Waals surface area contributed by atoms with Gasteiger partial charge in [0.1, 0.15) is 11.5 Å². The van der Waals surface area contributed by atoms with Crippen molar-refractivity contribution in [2.24, 2.45) is 22.2 Å². The van der Waals surface area contributed by atoms with E-state index < -0.39 is 0 Å². The zero-order valence-corrected chi connectivity index (χ0v) is 16.2. The highest BCUT2D eigenvalue weighted by atomic mass is 16.5. The summed E-state index contributed by atoms with van der Waals surface area (Å²) in [5.74, 6) is 2.26. The Morgan fingerprint density at radius 2 is 1.88 bits per heavy atom. The fraction of sp³-hybridized carbons (Fsp3) is 0.435. The molecule has 0 aromatic carbocycles. The van der Waals surface area contributed by atoms with Gasteiger partial charge in [-0.15, -0.1) is 0 Å². The summed E-state index contributed by atoms with van der Waals surface area (Å²) in [5.41, 5.74) is 6.61. The molecule has 1 fully saturated rings. The fourth-order valence-electron chi connectivity index (χ4n) is 3.89. The smallest absolute Gasteiger partial charge is 0.136 e. The van der Waals surface area contributed by atoms with Gasteiger partial charge in [-0.2, -0.15) is 0 Å². The van der Waals surface area contributed by atoms with Crippen LogP contribution < -0.4 is 0 Å². The third-order valence-corrected chi connectivity index (χ3v) is 5.41. The Hall–Kier alpha value is -2.09. The van der Waals surface area contributed by atoms with E-state index in [0.717, 1.165) is 34.6 Å². The van der Waals surface area contributed by atoms with Gasteiger partial charge in [0.05, 0.1) is 11.8 Å². The maximum absolute atomic E-state index is 6.24. The highest BCUT2D eigenvalue weighted by Gasteiger charge is 2.53. The van der Waals surface area contributed by atoms with Gasteiger partial charge in [-0.3, -0.25) is 4.99 Å². The maximum Gasteiger partial charge on any atom is 0.136 e. The second kappa shape index (κ2) is 5.72. The Morgan fingerprint density at radius 3 is 2.44 bits per heavy atom. The number of fused-ring (bicyclic) bond motifs is 2. The van der Waals surface area contributed by atoms with Crippen LogP contribution in [0.1, 0.15) is 41.0 Å². The van der Waals surface area contributed by atoms with Crippen LogP contribution in [0, 0.1) is 17.3 Å². The van der Waals surface area contributed by atoms with Crippen LogP contribution in [0.5, 0.6) is 0 Å². The Morgan fingerprint density at radius 1 is 1.24 bits per heavy atom. The highest BCUT2D eigenvalue weighted by Crippen LogP contribution is 2.55. The summed E-state index contributed by atoms with van der Waals surface area (Å²) in [6, 6.07) is 0.244. The normalized spacial score (nSPS) is 29.4. The van der Waals surface area contributed by atoms with E-state index in [2.05, 4.69) is 60.9 Å². The zero-order valence-electron chi connectivity index (χ0n) is 16.2. The van der Waals surface area contributed by atoms with Crippen LogP contribution in [-0.2, 0) is 4.74 Å². The molecule has 0 aromatic rings. The second-order valence-electron chi connectivity index (χ2n) is 8.66. The van der Waals surface area contributed by atoms with E-state index in [1.807, 2.05) is 6.08 Å². The van der Waals surface area contributed by atoms with Gasteiger partial charge in [0, 0.05) is 17.1 Å². The number of rotatable bonds is 3. The Labute approximate surface area is 152 Å². The molecule has 1 aliphatic carbocycles. The summed E-state index contributed by atoms with van der Waals surface area (Å²) in [4.78, 5) is 4.93. The van der Waals surface area contributed by atoms with Gasteiger partial charge in [0.25, 0.3) is 0 Å². The summed E-state index contributed by atoms with van der Waals surface area (Å²) in [7, 11) is 0. The minimum atomic E-state index is 0.132. The molecule has 2 heteroatoms. The average molecular weight is 335 g/mol. The standard InChI is InChI=1S/C23H29NO/c1-10-12(2)17(11-23(7,8)9)22-19-14(4)18-15(5)21(18)24-20(19)13(3)16(6)25-22/h10,14,18,21H,1,3,5-6,11H2,2,4,7-9H3/b17-12+. The number of ether oxygens (including phenoxy) is 1. The summed E-state index contributed by atoms with van der Waals surface area (Å²) in [5, 5.41) is 0. The average Bonchev–Trinajstić information content (AvgIpc) is 3.18. The van der Waals surface area contributed by atoms with Crippen molar-refractivity contribution in [3.63, 3.8) is 0 Å². The molecule has 0 bridgehead atoms. The van der Waals surface area contributed by atoms with Gasteiger partial charge in [-0.05, 0) is 41.4 Å². The lowest BCUT2D eigenvalue weighted by atomic mass is 9.79. The predicted molar refractivity (Wildman–Crippen MR) is 106 cm³/mol. The minimum Gasteiger partial charge on any atom is -0.457 e. The predicted octanol–water partition coefficient (Wildman–Crippen LogP) is 5.92. The molecule has 3 aliphatic rings. The summed E-state index contributed by atoms with van der Waals surface area (Å²) in [6.07, 6.45) is 2.81. The van der Waals surface area contributed by atoms with Gasteiger partial charge in [0.15, 0.2) is 0 Å². The molecular weight excluding hydrogens is 306 g/mol. The molecule has 0 amide bonds. The molecule has 2 nitrogen and oxygen atoms in total. The third-order valence-electron chi connectivity index (χ3n) is 5.41. The molecule has 0 saturated heterocycles. The molecule has 0 N–H and O–H groups in total. The van der Waals surface area contributed by atoms with Crippen molar-refractivity contribution >= 4 is 5.71 Å². The van der Waals surface area contributed by atoms with E-state index in [4.69, 9.17) is 9.73 Å². The first kappa shape index (κ1) is 17.7. The lowest BCUT2D eigenvalue weighted by molar-refractivity contribution is 0.297. The lowest BCUT2D eigenvalue weighted by Crippen LogP contribution is -2.29. The summed E-state index contributed by atoms with van der Waals surface area (Å²) >= 11 is 0. The van der Waals surface area contributed by atoms with Crippen molar-refractivity contribution in [1.29, 1.82) is 0 Å². The molecule has 0 spiro atoms. The minimum absolute atomic E-state index is 0.132. The van der Waals surface area contributed by atoms with E-state index in [1.165, 1.54) is 11.1 Å². The topological polar surface area (TPSA) is 21.6 Å². The van der Waals surface area contributed by atoms with Gasteiger partial charge >= 0.3 is 0 Å². The molecule has 1 saturated carbocycles. The lowest BCUT2D eigenvalue weighted by Gasteiger charge is -2.34. The highest BCUT2D eigenvalue weighted by molar-refractivity contribution is 6.17. The van der Waals surface area contributed by atoms with Crippen molar-refractivity contribution in [2.75, 3.05) is 0 Å². The number of hydrogen-bond acceptors (Lipinski definition) is 2. The zero-order chi connectivity index (χ0) is 18.7.